The summed E-state index contributed by atoms with van der Waals surface area (Å²) in [6.07, 6.45) is 9.02. The van der Waals surface area contributed by atoms with Crippen LogP contribution in [0, 0.1) is 13.8 Å². The number of hydrogen-bond acceptors (Lipinski definition) is 6. The van der Waals surface area contributed by atoms with E-state index in [2.05, 4.69) is 33.8 Å². The second kappa shape index (κ2) is 26.3. The second-order valence-corrected chi connectivity index (χ2v) is 12.5. The van der Waals surface area contributed by atoms with Gasteiger partial charge in [-0.1, -0.05) is 67.4 Å². The van der Waals surface area contributed by atoms with Gasteiger partial charge in [-0.15, -0.1) is 16.4 Å². The number of allylic oxidation sites excluding steroid dienone is 3. The van der Waals surface area contributed by atoms with Crippen molar-refractivity contribution >= 4 is 142 Å². The molecule has 0 saturated heterocycles. The first-order chi connectivity index (χ1) is 24.6. The molecule has 56 heavy (non-hydrogen) atoms. The Bertz CT molecular complexity index is 2030. The van der Waals surface area contributed by atoms with Crippen molar-refractivity contribution in [1.82, 2.24) is 9.97 Å². The van der Waals surface area contributed by atoms with Crippen molar-refractivity contribution in [3.05, 3.63) is 83.8 Å². The van der Waals surface area contributed by atoms with E-state index in [0.29, 0.717) is 30.7 Å². The number of aromatic nitrogens is 2. The molecule has 3 aliphatic heterocycles. The van der Waals surface area contributed by atoms with Crippen LogP contribution in [0.2, 0.25) is 0 Å². The molecule has 0 amide bonds. The third-order valence-corrected chi connectivity index (χ3v) is 9.21. The van der Waals surface area contributed by atoms with Gasteiger partial charge in [0.25, 0.3) is 11.9 Å². The zero-order valence-electron chi connectivity index (χ0n) is 33.7. The summed E-state index contributed by atoms with van der Waals surface area (Å²) in [7, 11) is 0. The molecule has 0 aliphatic carbocycles. The minimum absolute atomic E-state index is 0. The van der Waals surface area contributed by atoms with Crippen LogP contribution in [0.3, 0.4) is 0 Å². The van der Waals surface area contributed by atoms with Crippen LogP contribution >= 0.6 is 0 Å². The fourth-order valence-electron chi connectivity index (χ4n) is 6.44. The van der Waals surface area contributed by atoms with E-state index in [9.17, 15) is 29.4 Å². The van der Waals surface area contributed by atoms with E-state index >= 15 is 0 Å². The first-order valence-corrected chi connectivity index (χ1v) is 17.0. The van der Waals surface area contributed by atoms with Gasteiger partial charge in [-0.2, -0.15) is 5.69 Å². The molecule has 5 heterocycles. The molecule has 1 atom stereocenters. The fourth-order valence-corrected chi connectivity index (χ4v) is 6.44. The quantitative estimate of drug-likeness (QED) is 0.254. The van der Waals surface area contributed by atoms with Crippen molar-refractivity contribution in [2.24, 2.45) is 9.98 Å². The molecule has 0 fully saturated rings. The number of fused-ring (bicyclic) bond motifs is 6. The van der Waals surface area contributed by atoms with Crippen molar-refractivity contribution in [2.75, 3.05) is 13.1 Å². The number of rotatable bonds is 10. The van der Waals surface area contributed by atoms with E-state index in [0.717, 1.165) is 68.5 Å². The van der Waals surface area contributed by atoms with Gasteiger partial charge in [-0.3, -0.25) is 24.2 Å². The number of carboxylic acid groups (broad SMARTS) is 4. The number of hydrogen-bond donors (Lipinski definition) is 4. The Morgan fingerprint density at radius 3 is 1.75 bits per heavy atom. The minimum atomic E-state index is -1.08. The molecule has 2 aromatic rings. The van der Waals surface area contributed by atoms with E-state index in [1.54, 1.807) is 0 Å². The van der Waals surface area contributed by atoms with Crippen LogP contribution in [0.4, 0.5) is 0 Å². The molecule has 0 aromatic carbocycles. The Balaban J connectivity index is 0. The van der Waals surface area contributed by atoms with Crippen LogP contribution in [0.25, 0.3) is 29.7 Å². The van der Waals surface area contributed by atoms with Crippen molar-refractivity contribution in [2.45, 2.75) is 92.5 Å². The number of carboxylic acids is 4. The summed E-state index contributed by atoms with van der Waals surface area (Å²) in [6.45, 7) is 11.5. The van der Waals surface area contributed by atoms with Crippen LogP contribution in [0.15, 0.2) is 38.0 Å². The molecule has 8 bridgehead atoms. The number of nitrogens with zero attached hydrogens (tertiary/aromatic N) is 4. The van der Waals surface area contributed by atoms with Gasteiger partial charge in [0.1, 0.15) is 0 Å². The van der Waals surface area contributed by atoms with Crippen LogP contribution in [-0.4, -0.2) is 164 Å². The molecule has 1 unspecified atom stereocenters. The van der Waals surface area contributed by atoms with Gasteiger partial charge in [0.05, 0.1) is 23.2 Å². The fraction of sp³-hybridized carbons (Fsp3) is 0.421. The second-order valence-electron chi connectivity index (χ2n) is 12.5. The number of aliphatic imine (C=N–C) groups is 2. The molecule has 5 rings (SSSR count). The molecular weight excluding hydrogens is 796 g/mol. The van der Waals surface area contributed by atoms with Crippen LogP contribution in [0.5, 0.6) is 0 Å². The maximum Gasteiger partial charge on any atom is 0.303 e. The summed E-state index contributed by atoms with van der Waals surface area (Å²) in [5, 5.41) is 35.8. The molecule has 14 nitrogen and oxygen atoms in total. The molecule has 292 valence electrons. The van der Waals surface area contributed by atoms with Gasteiger partial charge < -0.3 is 41.9 Å². The number of carbonyl (C=O) groups is 4. The van der Waals surface area contributed by atoms with Gasteiger partial charge in [0.15, 0.2) is 0 Å². The van der Waals surface area contributed by atoms with Gasteiger partial charge >= 0.3 is 11.9 Å². The summed E-state index contributed by atoms with van der Waals surface area (Å²) in [5.41, 5.74) is 24.5. The van der Waals surface area contributed by atoms with Crippen molar-refractivity contribution in [3.63, 3.8) is 0 Å². The average Bonchev–Trinajstić information content (AvgIpc) is 3.75. The van der Waals surface area contributed by atoms with Crippen molar-refractivity contribution < 1.29 is 56.4 Å². The molecule has 0 spiro atoms. The zero-order valence-corrected chi connectivity index (χ0v) is 40.8. The summed E-state index contributed by atoms with van der Waals surface area (Å²) < 4.78 is 0. The number of aliphatic carboxylic acids is 4. The molecule has 18 heteroatoms. The Morgan fingerprint density at radius 1 is 0.714 bits per heavy atom. The first-order valence-electron chi connectivity index (χ1n) is 17.0. The Morgan fingerprint density at radius 2 is 1.25 bits per heavy atom. The first kappa shape index (κ1) is 56.3. The standard InChI is InChI=1S/C34H40N4O4.2C2H4NO2.Co.3Na/c1-7-21-17(3)25-13-26-19(5)23(9-11-33(39)40)31(37-26)16-32-24(10-12-34(41)42)20(6)28(38-32)15-30-22(8-2)18(4)27(36-30)14-29(21)35-25;2*3-1-2(4)5;;;;/h13-14,16,30H,7-12,15H2,1-6H3,(H4,35,36,37,38,39,40,41,42);2*3H,1H2,(H,4,5);;;;/q;2*-1;;;;/p-2. The zero-order chi connectivity index (χ0) is 38.9. The number of nitrogens with one attached hydrogen (secondary N) is 2. The predicted octanol–water partition coefficient (Wildman–Crippen LogP) is 3.24. The van der Waals surface area contributed by atoms with E-state index in [1.165, 1.54) is 16.7 Å². The van der Waals surface area contributed by atoms with Gasteiger partial charge in [0, 0.05) is 118 Å². The maximum absolute atomic E-state index is 11.5. The monoisotopic (exact) mass is 842 g/mol. The van der Waals surface area contributed by atoms with E-state index in [-0.39, 0.29) is 124 Å². The van der Waals surface area contributed by atoms with Crippen LogP contribution in [0.1, 0.15) is 87.0 Å². The third kappa shape index (κ3) is 14.8. The molecular formula is C38H46CoN6Na3O8-4. The topological polar surface area (TPSA) is 250 Å². The molecule has 0 saturated carbocycles. The molecule has 2 aromatic heterocycles. The average molecular weight is 843 g/mol. The molecule has 3 aliphatic rings. The van der Waals surface area contributed by atoms with Crippen molar-refractivity contribution in [1.29, 1.82) is 0 Å². The largest absolute Gasteiger partial charge is 0.668 e. The van der Waals surface area contributed by atoms with Gasteiger partial charge in [-0.05, 0) is 82.1 Å². The summed E-state index contributed by atoms with van der Waals surface area (Å²) in [5.74, 6) is -3.89. The Hall–Kier alpha value is -1.83. The van der Waals surface area contributed by atoms with Gasteiger partial charge in [-0.25, -0.2) is 4.99 Å². The smallest absolute Gasteiger partial charge is 0.303 e. The van der Waals surface area contributed by atoms with Crippen molar-refractivity contribution in [3.8, 4) is 0 Å². The van der Waals surface area contributed by atoms with E-state index in [1.807, 2.05) is 26.0 Å². The van der Waals surface area contributed by atoms with E-state index in [4.69, 9.17) is 41.6 Å². The molecule has 6 N–H and O–H groups in total. The Labute approximate surface area is 403 Å². The van der Waals surface area contributed by atoms with Crippen LogP contribution in [-0.2, 0) is 55.2 Å². The Kier molecular flexibility index (Phi) is 26.4. The predicted molar refractivity (Wildman–Crippen MR) is 216 cm³/mol. The SMILES string of the molecule is CCC1=C(C)C2=NC1Cc1[n-]c(c(CCC(=O)O)c1C)/C=C1N=C(/C=c3\[n-]/c(c(CC)c3C)=C\2)C(C)=C\1CCC(=O)O.[Co].[NH-]CC(=O)O.[NH-]CC(=O)O.[Na].[Na].[Na]. The van der Waals surface area contributed by atoms with Gasteiger partial charge in [0.2, 0.25) is 0 Å². The van der Waals surface area contributed by atoms with E-state index < -0.39 is 37.0 Å². The third-order valence-electron chi connectivity index (χ3n) is 9.21. The molecule has 4 radical (unpaired) electrons. The minimum Gasteiger partial charge on any atom is -0.668 e. The summed E-state index contributed by atoms with van der Waals surface area (Å²) in [4.78, 5) is 61.7. The summed E-state index contributed by atoms with van der Waals surface area (Å²) >= 11 is 0. The normalized spacial score (nSPS) is 17.0. The van der Waals surface area contributed by atoms with Crippen LogP contribution < -0.4 is 20.7 Å². The summed E-state index contributed by atoms with van der Waals surface area (Å²) in [6, 6.07) is -0.0490. The maximum atomic E-state index is 11.5.